The fraction of sp³-hybridized carbons (Fsp3) is 0.818. The SMILES string of the molecule is CCOC(=O)N1[C@@H]2CC[C@H](C2)N1C(=O)OCC. The van der Waals surface area contributed by atoms with Crippen LogP contribution in [0.4, 0.5) is 9.59 Å². The van der Waals surface area contributed by atoms with E-state index in [0.29, 0.717) is 13.2 Å². The first-order valence-corrected chi connectivity index (χ1v) is 6.10. The number of rotatable bonds is 2. The summed E-state index contributed by atoms with van der Waals surface area (Å²) in [6.07, 6.45) is 1.79. The fourth-order valence-electron chi connectivity index (χ4n) is 2.58. The molecule has 0 radical (unpaired) electrons. The summed E-state index contributed by atoms with van der Waals surface area (Å²) in [5.74, 6) is 0. The molecule has 2 atom stereocenters. The van der Waals surface area contributed by atoms with E-state index in [4.69, 9.17) is 9.47 Å². The van der Waals surface area contributed by atoms with Crippen molar-refractivity contribution in [2.75, 3.05) is 13.2 Å². The highest BCUT2D eigenvalue weighted by Crippen LogP contribution is 2.38. The maximum Gasteiger partial charge on any atom is 0.429 e. The van der Waals surface area contributed by atoms with Crippen LogP contribution in [0.15, 0.2) is 0 Å². The average molecular weight is 242 g/mol. The van der Waals surface area contributed by atoms with Crippen molar-refractivity contribution >= 4 is 12.2 Å². The third-order valence-corrected chi connectivity index (χ3v) is 3.21. The van der Waals surface area contributed by atoms with Gasteiger partial charge in [-0.25, -0.2) is 19.6 Å². The predicted molar refractivity (Wildman–Crippen MR) is 59.1 cm³/mol. The predicted octanol–water partition coefficient (Wildman–Crippen LogP) is 1.75. The van der Waals surface area contributed by atoms with Gasteiger partial charge < -0.3 is 9.47 Å². The normalized spacial score (nSPS) is 26.2. The van der Waals surface area contributed by atoms with Crippen LogP contribution in [0.3, 0.4) is 0 Å². The van der Waals surface area contributed by atoms with Gasteiger partial charge in [0.05, 0.1) is 25.3 Å². The first-order valence-electron chi connectivity index (χ1n) is 6.10. The largest absolute Gasteiger partial charge is 0.448 e. The number of ether oxygens (including phenoxy) is 2. The van der Waals surface area contributed by atoms with Crippen LogP contribution in [-0.4, -0.2) is 47.5 Å². The zero-order valence-electron chi connectivity index (χ0n) is 10.2. The van der Waals surface area contributed by atoms with Crippen molar-refractivity contribution < 1.29 is 19.1 Å². The van der Waals surface area contributed by atoms with Gasteiger partial charge in [0.15, 0.2) is 0 Å². The van der Waals surface area contributed by atoms with Gasteiger partial charge in [0.25, 0.3) is 0 Å². The lowest BCUT2D eigenvalue weighted by Gasteiger charge is -2.35. The number of nitrogens with zero attached hydrogens (tertiary/aromatic N) is 2. The molecule has 2 fully saturated rings. The minimum Gasteiger partial charge on any atom is -0.448 e. The van der Waals surface area contributed by atoms with E-state index in [1.54, 1.807) is 13.8 Å². The molecule has 96 valence electrons. The van der Waals surface area contributed by atoms with Crippen LogP contribution in [0.1, 0.15) is 33.1 Å². The van der Waals surface area contributed by atoms with E-state index in [1.165, 1.54) is 10.0 Å². The minimum atomic E-state index is -0.451. The van der Waals surface area contributed by atoms with Gasteiger partial charge in [-0.2, -0.15) is 0 Å². The van der Waals surface area contributed by atoms with Gasteiger partial charge in [-0.1, -0.05) is 0 Å². The minimum absolute atomic E-state index is 0.0865. The molecule has 2 rings (SSSR count). The van der Waals surface area contributed by atoms with Gasteiger partial charge >= 0.3 is 12.2 Å². The van der Waals surface area contributed by atoms with E-state index >= 15 is 0 Å². The highest BCUT2D eigenvalue weighted by molar-refractivity contribution is 5.76. The summed E-state index contributed by atoms with van der Waals surface area (Å²) in [4.78, 5) is 23.6. The summed E-state index contributed by atoms with van der Waals surface area (Å²) in [6.45, 7) is 4.12. The van der Waals surface area contributed by atoms with Gasteiger partial charge in [-0.3, -0.25) is 0 Å². The van der Waals surface area contributed by atoms with Crippen LogP contribution in [0.5, 0.6) is 0 Å². The lowest BCUT2D eigenvalue weighted by atomic mass is 10.2. The second-order valence-corrected chi connectivity index (χ2v) is 4.21. The molecule has 1 heterocycles. The molecule has 1 aliphatic heterocycles. The Kier molecular flexibility index (Phi) is 3.40. The Bertz CT molecular complexity index is 291. The summed E-state index contributed by atoms with van der Waals surface area (Å²) < 4.78 is 9.95. The van der Waals surface area contributed by atoms with E-state index < -0.39 is 12.2 Å². The maximum absolute atomic E-state index is 11.8. The smallest absolute Gasteiger partial charge is 0.429 e. The molecule has 0 unspecified atom stereocenters. The van der Waals surface area contributed by atoms with Crippen LogP contribution < -0.4 is 0 Å². The number of hydrogen-bond donors (Lipinski definition) is 0. The first kappa shape index (κ1) is 12.0. The van der Waals surface area contributed by atoms with Gasteiger partial charge in [-0.15, -0.1) is 0 Å². The van der Waals surface area contributed by atoms with Crippen molar-refractivity contribution in [2.24, 2.45) is 0 Å². The van der Waals surface area contributed by atoms with Crippen molar-refractivity contribution in [1.29, 1.82) is 0 Å². The summed E-state index contributed by atoms with van der Waals surface area (Å²) in [5, 5.41) is 2.85. The van der Waals surface area contributed by atoms with E-state index in [0.717, 1.165) is 19.3 Å². The number of fused-ring (bicyclic) bond motifs is 2. The number of carbonyl (C=O) groups excluding carboxylic acids is 2. The second kappa shape index (κ2) is 4.81. The zero-order chi connectivity index (χ0) is 12.4. The zero-order valence-corrected chi connectivity index (χ0v) is 10.2. The van der Waals surface area contributed by atoms with Gasteiger partial charge in [0.1, 0.15) is 0 Å². The molecule has 1 saturated carbocycles. The first-order chi connectivity index (χ1) is 8.19. The molecule has 2 amide bonds. The highest BCUT2D eigenvalue weighted by atomic mass is 16.6. The number of carbonyl (C=O) groups is 2. The van der Waals surface area contributed by atoms with Gasteiger partial charge in [0, 0.05) is 0 Å². The van der Waals surface area contributed by atoms with Crippen LogP contribution in [0.2, 0.25) is 0 Å². The summed E-state index contributed by atoms with van der Waals surface area (Å²) in [7, 11) is 0. The third kappa shape index (κ3) is 2.03. The molecule has 2 bridgehead atoms. The topological polar surface area (TPSA) is 59.1 Å². The van der Waals surface area contributed by atoms with E-state index in [1.807, 2.05) is 0 Å². The molecule has 0 aromatic heterocycles. The van der Waals surface area contributed by atoms with Gasteiger partial charge in [0.2, 0.25) is 0 Å². The Hall–Kier alpha value is -1.46. The molecular formula is C11H18N2O4. The number of amides is 2. The Morgan fingerprint density at radius 2 is 1.41 bits per heavy atom. The van der Waals surface area contributed by atoms with Crippen LogP contribution in [0, 0.1) is 0 Å². The number of hydrogen-bond acceptors (Lipinski definition) is 4. The van der Waals surface area contributed by atoms with E-state index in [9.17, 15) is 9.59 Å². The molecule has 2 aliphatic rings. The Balaban J connectivity index is 2.11. The van der Waals surface area contributed by atoms with Crippen LogP contribution >= 0.6 is 0 Å². The summed E-state index contributed by atoms with van der Waals surface area (Å²) in [5.41, 5.74) is 0. The second-order valence-electron chi connectivity index (χ2n) is 4.21. The maximum atomic E-state index is 11.8. The van der Waals surface area contributed by atoms with Crippen molar-refractivity contribution in [3.05, 3.63) is 0 Å². The molecule has 6 heteroatoms. The lowest BCUT2D eigenvalue weighted by Crippen LogP contribution is -2.53. The molecule has 1 aliphatic carbocycles. The Morgan fingerprint density at radius 3 is 1.76 bits per heavy atom. The van der Waals surface area contributed by atoms with Crippen molar-refractivity contribution in [1.82, 2.24) is 10.0 Å². The van der Waals surface area contributed by atoms with Crippen LogP contribution in [0.25, 0.3) is 0 Å². The van der Waals surface area contributed by atoms with E-state index in [2.05, 4.69) is 0 Å². The Labute approximate surface area is 100 Å². The molecule has 0 aromatic carbocycles. The van der Waals surface area contributed by atoms with E-state index in [-0.39, 0.29) is 12.1 Å². The molecule has 6 nitrogen and oxygen atoms in total. The van der Waals surface area contributed by atoms with Crippen LogP contribution in [-0.2, 0) is 9.47 Å². The van der Waals surface area contributed by atoms with Gasteiger partial charge in [-0.05, 0) is 33.1 Å². The fourth-order valence-corrected chi connectivity index (χ4v) is 2.58. The molecule has 0 spiro atoms. The molecule has 0 aromatic rings. The highest BCUT2D eigenvalue weighted by Gasteiger charge is 2.50. The molecule has 17 heavy (non-hydrogen) atoms. The molecular weight excluding hydrogens is 224 g/mol. The average Bonchev–Trinajstić information content (AvgIpc) is 2.89. The Morgan fingerprint density at radius 1 is 1.00 bits per heavy atom. The number of hydrazine groups is 1. The molecule has 1 saturated heterocycles. The third-order valence-electron chi connectivity index (χ3n) is 3.21. The summed E-state index contributed by atoms with van der Waals surface area (Å²) >= 11 is 0. The standard InChI is InChI=1S/C11H18N2O4/c1-3-16-10(14)12-8-5-6-9(7-8)13(12)11(15)17-4-2/h8-9H,3-7H2,1-2H3/t8-,9-/m1/s1. The van der Waals surface area contributed by atoms with Crippen molar-refractivity contribution in [2.45, 2.75) is 45.2 Å². The lowest BCUT2D eigenvalue weighted by molar-refractivity contribution is -0.0378. The van der Waals surface area contributed by atoms with Crippen molar-refractivity contribution in [3.8, 4) is 0 Å². The quantitative estimate of drug-likeness (QED) is 0.740. The monoisotopic (exact) mass is 242 g/mol. The van der Waals surface area contributed by atoms with Crippen molar-refractivity contribution in [3.63, 3.8) is 0 Å². The summed E-state index contributed by atoms with van der Waals surface area (Å²) in [6, 6.07) is 0.173. The molecule has 0 N–H and O–H groups in total.